The number of halogens is 2. The van der Waals surface area contributed by atoms with Crippen LogP contribution in [0.5, 0.6) is 0 Å². The molecule has 1 fully saturated rings. The molecule has 0 saturated carbocycles. The molecule has 0 bridgehead atoms. The molecule has 1 saturated heterocycles. The minimum Gasteiger partial charge on any atom is -0.338 e. The second kappa shape index (κ2) is 10.4. The Morgan fingerprint density at radius 1 is 1.33 bits per heavy atom. The van der Waals surface area contributed by atoms with Gasteiger partial charge in [0.2, 0.25) is 15.9 Å². The molecule has 1 heterocycles. The molecule has 0 aliphatic carbocycles. The number of nitrogens with zero attached hydrogens (tertiary/aromatic N) is 2. The van der Waals surface area contributed by atoms with Gasteiger partial charge in [0.15, 0.2) is 0 Å². The maximum atomic E-state index is 13.0. The highest BCUT2D eigenvalue weighted by molar-refractivity contribution is 7.89. The number of piperidine rings is 1. The lowest BCUT2D eigenvalue weighted by Gasteiger charge is -2.38. The zero-order valence-corrected chi connectivity index (χ0v) is 17.4. The van der Waals surface area contributed by atoms with Gasteiger partial charge in [0, 0.05) is 38.6 Å². The number of benzene rings is 1. The van der Waals surface area contributed by atoms with Gasteiger partial charge < -0.3 is 10.6 Å². The minimum absolute atomic E-state index is 0. The van der Waals surface area contributed by atoms with Crippen LogP contribution in [0.15, 0.2) is 29.2 Å². The highest BCUT2D eigenvalue weighted by Gasteiger charge is 2.29. The minimum atomic E-state index is -3.68. The van der Waals surface area contributed by atoms with Crippen molar-refractivity contribution in [2.24, 2.45) is 5.73 Å². The number of rotatable bonds is 7. The third kappa shape index (κ3) is 6.14. The van der Waals surface area contributed by atoms with E-state index in [1.165, 1.54) is 23.5 Å². The molecule has 1 amide bonds. The largest absolute Gasteiger partial charge is 0.338 e. The second-order valence-electron chi connectivity index (χ2n) is 6.89. The van der Waals surface area contributed by atoms with Crippen molar-refractivity contribution in [3.05, 3.63) is 30.1 Å². The van der Waals surface area contributed by atoms with Crippen molar-refractivity contribution in [3.8, 4) is 0 Å². The summed E-state index contributed by atoms with van der Waals surface area (Å²) in [6.07, 6.45) is 3.69. The molecule has 0 radical (unpaired) electrons. The molecule has 0 aromatic heterocycles. The fourth-order valence-electron chi connectivity index (χ4n) is 3.32. The van der Waals surface area contributed by atoms with Crippen LogP contribution in [0.25, 0.3) is 0 Å². The first-order valence-electron chi connectivity index (χ1n) is 9.00. The smallest absolute Gasteiger partial charge is 0.242 e. The molecular weight excluding hydrogens is 393 g/mol. The number of sulfonamides is 1. The van der Waals surface area contributed by atoms with Gasteiger partial charge in [-0.25, -0.2) is 17.1 Å². The summed E-state index contributed by atoms with van der Waals surface area (Å²) in [5.74, 6) is -0.456. The summed E-state index contributed by atoms with van der Waals surface area (Å²) in [5, 5.41) is 0. The number of amides is 1. The van der Waals surface area contributed by atoms with Gasteiger partial charge in [0.05, 0.1) is 4.90 Å². The molecule has 1 aromatic carbocycles. The van der Waals surface area contributed by atoms with Crippen molar-refractivity contribution in [2.75, 3.05) is 20.1 Å². The van der Waals surface area contributed by atoms with E-state index in [1.54, 1.807) is 0 Å². The summed E-state index contributed by atoms with van der Waals surface area (Å²) in [6.45, 7) is 2.86. The van der Waals surface area contributed by atoms with E-state index < -0.39 is 15.8 Å². The lowest BCUT2D eigenvalue weighted by atomic mass is 9.96. The van der Waals surface area contributed by atoms with Crippen LogP contribution in [0.4, 0.5) is 4.39 Å². The van der Waals surface area contributed by atoms with E-state index in [1.807, 2.05) is 11.8 Å². The predicted octanol–water partition coefficient (Wildman–Crippen LogP) is 2.38. The van der Waals surface area contributed by atoms with Crippen molar-refractivity contribution in [1.29, 1.82) is 0 Å². The number of carbonyl (C=O) groups excluding carboxylic acids is 1. The third-order valence-electron chi connectivity index (χ3n) is 4.86. The molecule has 2 atom stereocenters. The van der Waals surface area contributed by atoms with E-state index >= 15 is 0 Å². The molecule has 2 N–H and O–H groups in total. The van der Waals surface area contributed by atoms with Gasteiger partial charge in [-0.15, -0.1) is 12.4 Å². The lowest BCUT2D eigenvalue weighted by Crippen LogP contribution is -2.51. The summed E-state index contributed by atoms with van der Waals surface area (Å²) in [4.78, 5) is 14.4. The van der Waals surface area contributed by atoms with Gasteiger partial charge in [-0.3, -0.25) is 4.79 Å². The van der Waals surface area contributed by atoms with Crippen LogP contribution in [-0.4, -0.2) is 55.8 Å². The Labute approximate surface area is 167 Å². The molecule has 2 unspecified atom stereocenters. The van der Waals surface area contributed by atoms with Crippen molar-refractivity contribution >= 4 is 28.3 Å². The third-order valence-corrected chi connectivity index (χ3v) is 6.73. The Bertz CT molecular complexity index is 713. The topological polar surface area (TPSA) is 83.7 Å². The molecule has 154 valence electrons. The van der Waals surface area contributed by atoms with Crippen LogP contribution in [0.3, 0.4) is 0 Å². The summed E-state index contributed by atoms with van der Waals surface area (Å²) >= 11 is 0. The maximum absolute atomic E-state index is 13.0. The highest BCUT2D eigenvalue weighted by Crippen LogP contribution is 2.21. The summed E-state index contributed by atoms with van der Waals surface area (Å²) in [5.41, 5.74) is 6.00. The van der Waals surface area contributed by atoms with Gasteiger partial charge >= 0.3 is 0 Å². The molecule has 27 heavy (non-hydrogen) atoms. The number of nitrogens with two attached hydrogens (primary N) is 1. The lowest BCUT2D eigenvalue weighted by molar-refractivity contribution is -0.135. The summed E-state index contributed by atoms with van der Waals surface area (Å²) < 4.78 is 39.1. The number of hydrogen-bond acceptors (Lipinski definition) is 4. The molecule has 0 spiro atoms. The standard InChI is InChI=1S/C18H28FN3O3S.ClH/c1-14(20)17-6-3-4-13-22(17)18(23)7-5-12-21(2)26(24,25)16-10-8-15(19)9-11-16;/h8-11,14,17H,3-7,12-13,20H2,1-2H3;1H. The predicted molar refractivity (Wildman–Crippen MR) is 106 cm³/mol. The van der Waals surface area contributed by atoms with Crippen LogP contribution in [0.2, 0.25) is 0 Å². The van der Waals surface area contributed by atoms with E-state index in [0.29, 0.717) is 6.42 Å². The van der Waals surface area contributed by atoms with Gasteiger partial charge in [-0.1, -0.05) is 0 Å². The fraction of sp³-hybridized carbons (Fsp3) is 0.611. The molecule has 1 aromatic rings. The van der Waals surface area contributed by atoms with Crippen LogP contribution < -0.4 is 5.73 Å². The quantitative estimate of drug-likeness (QED) is 0.732. The van der Waals surface area contributed by atoms with E-state index in [2.05, 4.69) is 0 Å². The van der Waals surface area contributed by atoms with Gasteiger partial charge in [-0.05, 0) is 56.9 Å². The fourth-order valence-corrected chi connectivity index (χ4v) is 4.53. The number of hydrogen-bond donors (Lipinski definition) is 1. The zero-order valence-electron chi connectivity index (χ0n) is 15.8. The zero-order chi connectivity index (χ0) is 19.3. The Morgan fingerprint density at radius 3 is 2.56 bits per heavy atom. The van der Waals surface area contributed by atoms with Gasteiger partial charge in [-0.2, -0.15) is 0 Å². The van der Waals surface area contributed by atoms with Crippen molar-refractivity contribution < 1.29 is 17.6 Å². The van der Waals surface area contributed by atoms with E-state index in [0.717, 1.165) is 37.9 Å². The van der Waals surface area contributed by atoms with Crippen LogP contribution in [-0.2, 0) is 14.8 Å². The van der Waals surface area contributed by atoms with Crippen molar-refractivity contribution in [2.45, 2.75) is 56.0 Å². The van der Waals surface area contributed by atoms with Gasteiger partial charge in [0.25, 0.3) is 0 Å². The van der Waals surface area contributed by atoms with Gasteiger partial charge in [0.1, 0.15) is 5.82 Å². The van der Waals surface area contributed by atoms with Crippen LogP contribution >= 0.6 is 12.4 Å². The molecule has 6 nitrogen and oxygen atoms in total. The number of likely N-dealkylation sites (tertiary alicyclic amines) is 1. The van der Waals surface area contributed by atoms with E-state index in [9.17, 15) is 17.6 Å². The average molecular weight is 422 g/mol. The van der Waals surface area contributed by atoms with Crippen LogP contribution in [0, 0.1) is 5.82 Å². The van der Waals surface area contributed by atoms with E-state index in [-0.39, 0.29) is 48.3 Å². The van der Waals surface area contributed by atoms with E-state index in [4.69, 9.17) is 5.73 Å². The second-order valence-corrected chi connectivity index (χ2v) is 8.94. The first-order chi connectivity index (χ1) is 12.2. The Kier molecular flexibility index (Phi) is 9.14. The normalized spacial score (nSPS) is 18.9. The summed E-state index contributed by atoms with van der Waals surface area (Å²) in [6, 6.07) is 4.72. The first-order valence-corrected chi connectivity index (χ1v) is 10.4. The van der Waals surface area contributed by atoms with Crippen molar-refractivity contribution in [1.82, 2.24) is 9.21 Å². The van der Waals surface area contributed by atoms with Crippen molar-refractivity contribution in [3.63, 3.8) is 0 Å². The molecule has 1 aliphatic rings. The molecule has 1 aliphatic heterocycles. The Hall–Kier alpha value is -1.22. The summed E-state index contributed by atoms with van der Waals surface area (Å²) in [7, 11) is -2.21. The monoisotopic (exact) mass is 421 g/mol. The molecular formula is C18H29ClFN3O3S. The highest BCUT2D eigenvalue weighted by atomic mass is 35.5. The molecule has 2 rings (SSSR count). The molecule has 9 heteroatoms. The average Bonchev–Trinajstić information content (AvgIpc) is 2.61. The number of carbonyl (C=O) groups is 1. The SMILES string of the molecule is CC(N)C1CCCCN1C(=O)CCCN(C)S(=O)(=O)c1ccc(F)cc1.Cl. The maximum Gasteiger partial charge on any atom is 0.242 e. The Balaban J connectivity index is 0.00000364. The van der Waals surface area contributed by atoms with Crippen LogP contribution in [0.1, 0.15) is 39.0 Å². The Morgan fingerprint density at radius 2 is 1.96 bits per heavy atom. The first kappa shape index (κ1) is 23.8.